The van der Waals surface area contributed by atoms with Gasteiger partial charge >= 0.3 is 0 Å². The third kappa shape index (κ3) is 6.27. The monoisotopic (exact) mass is 632 g/mol. The maximum absolute atomic E-state index is 6.87. The summed E-state index contributed by atoms with van der Waals surface area (Å²) in [6.07, 6.45) is -5.89. The van der Waals surface area contributed by atoms with Gasteiger partial charge in [-0.15, -0.1) is 0 Å². The minimum atomic E-state index is -0.857. The topological polar surface area (TPSA) is 92.3 Å². The van der Waals surface area contributed by atoms with E-state index in [0.717, 1.165) is 16.7 Å². The van der Waals surface area contributed by atoms with Crippen LogP contribution in [0.4, 0.5) is 0 Å². The Hall–Kier alpha value is -2.74. The smallest absolute Gasteiger partial charge is 0.187 e. The molecule has 3 aromatic carbocycles. The van der Waals surface area contributed by atoms with Crippen molar-refractivity contribution in [3.8, 4) is 0 Å². The fraction of sp³-hybridized carbons (Fsp3) is 0.500. The molecule has 11 atom stereocenters. The van der Waals surface area contributed by atoms with Crippen LogP contribution in [0.3, 0.4) is 0 Å². The average molecular weight is 633 g/mol. The molecule has 10 nitrogen and oxygen atoms in total. The standard InChI is InChI=1S/C36H40O10/c1-36(2)45-30-28(26-21-40-34(41-26)32(30)46-36)44-35-31(38-19-23-14-8-4-9-15-23)29(37-18-22-12-6-3-7-13-22)27-25(42-35)20-39-33(43-27)24-16-10-5-11-17-24/h3-17,25-35H,18-21H2,1-2H3/t25-,26-,27-,28-,29+,30+,31+,32+,33?,34-,35+/m1/s1. The van der Waals surface area contributed by atoms with Gasteiger partial charge in [-0.3, -0.25) is 0 Å². The minimum absolute atomic E-state index is 0.287. The van der Waals surface area contributed by atoms with E-state index in [0.29, 0.717) is 19.8 Å². The van der Waals surface area contributed by atoms with Crippen molar-refractivity contribution in [2.45, 2.75) is 101 Å². The van der Waals surface area contributed by atoms with Crippen molar-refractivity contribution in [1.82, 2.24) is 0 Å². The Balaban J connectivity index is 1.11. The van der Waals surface area contributed by atoms with Crippen molar-refractivity contribution in [2.24, 2.45) is 0 Å². The lowest BCUT2D eigenvalue weighted by Crippen LogP contribution is -2.65. The van der Waals surface area contributed by atoms with Crippen molar-refractivity contribution in [2.75, 3.05) is 13.2 Å². The largest absolute Gasteiger partial charge is 0.368 e. The highest BCUT2D eigenvalue weighted by Gasteiger charge is 2.61. The summed E-state index contributed by atoms with van der Waals surface area (Å²) < 4.78 is 64.6. The molecule has 2 bridgehead atoms. The van der Waals surface area contributed by atoms with Gasteiger partial charge in [0.15, 0.2) is 24.7 Å². The third-order valence-electron chi connectivity index (χ3n) is 9.07. The molecule has 244 valence electrons. The summed E-state index contributed by atoms with van der Waals surface area (Å²) in [5.41, 5.74) is 2.97. The average Bonchev–Trinajstić information content (AvgIpc) is 3.68. The zero-order valence-electron chi connectivity index (χ0n) is 25.9. The number of benzene rings is 3. The van der Waals surface area contributed by atoms with Gasteiger partial charge in [0, 0.05) is 5.56 Å². The molecular weight excluding hydrogens is 592 g/mol. The Morgan fingerprint density at radius 1 is 0.609 bits per heavy atom. The second-order valence-electron chi connectivity index (χ2n) is 12.8. The van der Waals surface area contributed by atoms with E-state index in [4.69, 9.17) is 47.4 Å². The van der Waals surface area contributed by atoms with E-state index in [2.05, 4.69) is 0 Å². The van der Waals surface area contributed by atoms with E-state index >= 15 is 0 Å². The van der Waals surface area contributed by atoms with Crippen LogP contribution in [0.2, 0.25) is 0 Å². The number of fused-ring (bicyclic) bond motifs is 5. The highest BCUT2D eigenvalue weighted by molar-refractivity contribution is 5.18. The summed E-state index contributed by atoms with van der Waals surface area (Å²) in [5.74, 6) is -0.811. The molecule has 0 saturated carbocycles. The van der Waals surface area contributed by atoms with Gasteiger partial charge in [0.1, 0.15) is 48.8 Å². The maximum Gasteiger partial charge on any atom is 0.187 e. The van der Waals surface area contributed by atoms with E-state index in [1.165, 1.54) is 0 Å². The quantitative estimate of drug-likeness (QED) is 0.332. The van der Waals surface area contributed by atoms with Crippen LogP contribution in [0.1, 0.15) is 36.8 Å². The predicted molar refractivity (Wildman–Crippen MR) is 162 cm³/mol. The van der Waals surface area contributed by atoms with E-state index in [9.17, 15) is 0 Å². The van der Waals surface area contributed by atoms with Crippen molar-refractivity contribution in [1.29, 1.82) is 0 Å². The third-order valence-corrected chi connectivity index (χ3v) is 9.07. The first-order valence-corrected chi connectivity index (χ1v) is 16.1. The van der Waals surface area contributed by atoms with Crippen LogP contribution >= 0.6 is 0 Å². The molecule has 8 rings (SSSR count). The number of hydrogen-bond acceptors (Lipinski definition) is 10. The summed E-state index contributed by atoms with van der Waals surface area (Å²) in [6, 6.07) is 30.0. The molecule has 5 fully saturated rings. The van der Waals surface area contributed by atoms with Crippen LogP contribution in [0, 0.1) is 0 Å². The molecule has 0 spiro atoms. The Morgan fingerprint density at radius 2 is 1.22 bits per heavy atom. The first kappa shape index (κ1) is 30.6. The molecule has 0 N–H and O–H groups in total. The Kier molecular flexibility index (Phi) is 8.67. The highest BCUT2D eigenvalue weighted by Crippen LogP contribution is 2.44. The lowest BCUT2D eigenvalue weighted by atomic mass is 9.96. The minimum Gasteiger partial charge on any atom is -0.368 e. The fourth-order valence-electron chi connectivity index (χ4n) is 6.93. The molecule has 0 aliphatic carbocycles. The van der Waals surface area contributed by atoms with Crippen LogP contribution in [0.5, 0.6) is 0 Å². The van der Waals surface area contributed by atoms with Gasteiger partial charge in [-0.2, -0.15) is 0 Å². The molecular formula is C36H40O10. The summed E-state index contributed by atoms with van der Waals surface area (Å²) in [5, 5.41) is 0. The zero-order chi connectivity index (χ0) is 31.1. The summed E-state index contributed by atoms with van der Waals surface area (Å²) in [4.78, 5) is 0. The van der Waals surface area contributed by atoms with E-state index < -0.39 is 67.4 Å². The molecule has 5 aliphatic rings. The second kappa shape index (κ2) is 13.0. The maximum atomic E-state index is 6.87. The number of hydrogen-bond donors (Lipinski definition) is 0. The van der Waals surface area contributed by atoms with E-state index in [1.807, 2.05) is 105 Å². The normalized spacial score (nSPS) is 37.8. The van der Waals surface area contributed by atoms with Crippen LogP contribution in [0.25, 0.3) is 0 Å². The number of ether oxygens (including phenoxy) is 10. The van der Waals surface area contributed by atoms with Gasteiger partial charge in [0.25, 0.3) is 0 Å². The van der Waals surface area contributed by atoms with Crippen molar-refractivity contribution in [3.63, 3.8) is 0 Å². The molecule has 5 heterocycles. The van der Waals surface area contributed by atoms with Crippen molar-refractivity contribution in [3.05, 3.63) is 108 Å². The Bertz CT molecular complexity index is 1420. The first-order chi connectivity index (χ1) is 22.5. The van der Waals surface area contributed by atoms with E-state index in [-0.39, 0.29) is 12.7 Å². The molecule has 5 aliphatic heterocycles. The fourth-order valence-corrected chi connectivity index (χ4v) is 6.93. The lowest BCUT2D eigenvalue weighted by molar-refractivity contribution is -0.384. The molecule has 1 unspecified atom stereocenters. The molecule has 0 radical (unpaired) electrons. The van der Waals surface area contributed by atoms with Crippen LogP contribution in [-0.4, -0.2) is 80.4 Å². The molecule has 5 saturated heterocycles. The van der Waals surface area contributed by atoms with Gasteiger partial charge in [0.2, 0.25) is 0 Å². The molecule has 0 amide bonds. The van der Waals surface area contributed by atoms with Gasteiger partial charge < -0.3 is 47.4 Å². The zero-order valence-corrected chi connectivity index (χ0v) is 25.9. The summed E-state index contributed by atoms with van der Waals surface area (Å²) >= 11 is 0. The van der Waals surface area contributed by atoms with Gasteiger partial charge in [-0.25, -0.2) is 0 Å². The molecule has 46 heavy (non-hydrogen) atoms. The highest BCUT2D eigenvalue weighted by atomic mass is 16.8. The summed E-state index contributed by atoms with van der Waals surface area (Å²) in [6.45, 7) is 5.10. The van der Waals surface area contributed by atoms with Crippen LogP contribution < -0.4 is 0 Å². The number of rotatable bonds is 9. The van der Waals surface area contributed by atoms with Crippen LogP contribution in [-0.2, 0) is 60.6 Å². The van der Waals surface area contributed by atoms with Crippen molar-refractivity contribution < 1.29 is 47.4 Å². The van der Waals surface area contributed by atoms with Gasteiger partial charge in [-0.1, -0.05) is 91.0 Å². The first-order valence-electron chi connectivity index (χ1n) is 16.1. The van der Waals surface area contributed by atoms with Crippen LogP contribution in [0.15, 0.2) is 91.0 Å². The predicted octanol–water partition coefficient (Wildman–Crippen LogP) is 4.66. The Morgan fingerprint density at radius 3 is 1.91 bits per heavy atom. The van der Waals surface area contributed by atoms with Gasteiger partial charge in [-0.05, 0) is 25.0 Å². The van der Waals surface area contributed by atoms with E-state index in [1.54, 1.807) is 0 Å². The molecule has 0 aromatic heterocycles. The van der Waals surface area contributed by atoms with Crippen molar-refractivity contribution >= 4 is 0 Å². The molecule has 10 heteroatoms. The SMILES string of the molecule is CC1(C)O[C@@H]2[C@H](O1)[C@@H]1OC[C@@H](O1)[C@H]2O[C@@H]1O[C@@H]2COC(c3ccccc3)O[C@H]2[C@H](OCc2ccccc2)[C@@H]1OCc1ccccc1. The van der Waals surface area contributed by atoms with Gasteiger partial charge in [0.05, 0.1) is 26.4 Å². The summed E-state index contributed by atoms with van der Waals surface area (Å²) in [7, 11) is 0. The second-order valence-corrected chi connectivity index (χ2v) is 12.8. The lowest BCUT2D eigenvalue weighted by Gasteiger charge is -2.50. The molecule has 3 aromatic rings. The Labute approximate surface area is 268 Å².